The lowest BCUT2D eigenvalue weighted by atomic mass is 9.68. The van der Waals surface area contributed by atoms with E-state index in [1.165, 1.54) is 66.8 Å². The molecule has 1 saturated heterocycles. The van der Waals surface area contributed by atoms with E-state index in [-0.39, 0.29) is 6.04 Å². The third kappa shape index (κ3) is 3.49. The summed E-state index contributed by atoms with van der Waals surface area (Å²) >= 11 is 8.81. The molecule has 1 spiro atoms. The number of halogens is 1. The summed E-state index contributed by atoms with van der Waals surface area (Å²) in [6.07, 6.45) is 6.50. The summed E-state index contributed by atoms with van der Waals surface area (Å²) < 4.78 is 2.18. The van der Waals surface area contributed by atoms with Gasteiger partial charge in [0.2, 0.25) is 0 Å². The second-order valence-corrected chi connectivity index (χ2v) is 12.1. The Bertz CT molecular complexity index is 1290. The van der Waals surface area contributed by atoms with Gasteiger partial charge in [-0.1, -0.05) is 23.7 Å². The van der Waals surface area contributed by atoms with Crippen molar-refractivity contribution in [1.29, 1.82) is 0 Å². The first-order chi connectivity index (χ1) is 16.4. The zero-order valence-electron chi connectivity index (χ0n) is 20.4. The molecule has 0 unspecified atom stereocenters. The molecule has 1 saturated carbocycles. The summed E-state index contributed by atoms with van der Waals surface area (Å²) in [6.45, 7) is 10.9. The molecular weight excluding hydrogens is 462 g/mol. The Morgan fingerprint density at radius 3 is 2.62 bits per heavy atom. The minimum atomic E-state index is -0.0965. The number of nitrogens with zero attached hydrogens (tertiary/aromatic N) is 4. The average molecular weight is 494 g/mol. The van der Waals surface area contributed by atoms with E-state index in [2.05, 4.69) is 59.1 Å². The molecule has 0 amide bonds. The fourth-order valence-corrected chi connectivity index (χ4v) is 7.72. The number of hydrogen-bond acceptors (Lipinski definition) is 5. The van der Waals surface area contributed by atoms with Gasteiger partial charge in [-0.3, -0.25) is 9.56 Å². The van der Waals surface area contributed by atoms with Crippen molar-refractivity contribution >= 4 is 28.6 Å². The zero-order valence-corrected chi connectivity index (χ0v) is 22.0. The van der Waals surface area contributed by atoms with Crippen LogP contribution in [0.1, 0.15) is 89.8 Å². The van der Waals surface area contributed by atoms with E-state index in [4.69, 9.17) is 16.6 Å². The molecule has 3 aromatic rings. The van der Waals surface area contributed by atoms with Crippen LogP contribution in [0.5, 0.6) is 0 Å². The highest BCUT2D eigenvalue weighted by Gasteiger charge is 2.38. The maximum Gasteiger partial charge on any atom is 0.162 e. The molecule has 2 aliphatic heterocycles. The number of aliphatic imine (C=N–C) groups is 1. The fraction of sp³-hybridized carbons (Fsp3) is 0.519. The molecule has 3 aliphatic rings. The van der Waals surface area contributed by atoms with Crippen molar-refractivity contribution in [2.75, 3.05) is 13.1 Å². The van der Waals surface area contributed by atoms with Crippen molar-refractivity contribution in [2.45, 2.75) is 71.8 Å². The number of benzene rings is 1. The Morgan fingerprint density at radius 1 is 1.12 bits per heavy atom. The Hall–Kier alpha value is -2.02. The van der Waals surface area contributed by atoms with E-state index >= 15 is 0 Å². The van der Waals surface area contributed by atoms with E-state index in [9.17, 15) is 0 Å². The van der Waals surface area contributed by atoms with Gasteiger partial charge in [0.05, 0.1) is 10.7 Å². The molecule has 6 rings (SSSR count). The second kappa shape index (κ2) is 8.28. The lowest BCUT2D eigenvalue weighted by Gasteiger charge is -2.37. The van der Waals surface area contributed by atoms with E-state index in [0.29, 0.717) is 11.3 Å². The Balaban J connectivity index is 1.37. The Labute approximate surface area is 210 Å². The third-order valence-corrected chi connectivity index (χ3v) is 9.96. The smallest absolute Gasteiger partial charge is 0.162 e. The van der Waals surface area contributed by atoms with Crippen LogP contribution in [0.4, 0.5) is 0 Å². The summed E-state index contributed by atoms with van der Waals surface area (Å²) in [5.74, 6) is 2.39. The number of rotatable bonds is 2. The summed E-state index contributed by atoms with van der Waals surface area (Å²) in [5, 5.41) is 14.3. The van der Waals surface area contributed by atoms with Gasteiger partial charge >= 0.3 is 0 Å². The quantitative estimate of drug-likeness (QED) is 0.446. The molecule has 4 heterocycles. The highest BCUT2D eigenvalue weighted by Crippen LogP contribution is 2.47. The molecule has 1 aromatic carbocycles. The van der Waals surface area contributed by atoms with Crippen LogP contribution in [0.3, 0.4) is 0 Å². The second-order valence-electron chi connectivity index (χ2n) is 10.5. The van der Waals surface area contributed by atoms with Gasteiger partial charge < -0.3 is 5.32 Å². The van der Waals surface area contributed by atoms with Crippen LogP contribution in [0.2, 0.25) is 5.02 Å². The predicted octanol–water partition coefficient (Wildman–Crippen LogP) is 6.46. The topological polar surface area (TPSA) is 55.1 Å². The van der Waals surface area contributed by atoms with Crippen LogP contribution in [0.25, 0.3) is 5.00 Å². The minimum absolute atomic E-state index is 0.0965. The zero-order chi connectivity index (χ0) is 23.6. The van der Waals surface area contributed by atoms with E-state index in [1.807, 2.05) is 6.92 Å². The lowest BCUT2D eigenvalue weighted by molar-refractivity contribution is 0.199. The summed E-state index contributed by atoms with van der Waals surface area (Å²) in [5.41, 5.74) is 6.35. The van der Waals surface area contributed by atoms with Gasteiger partial charge in [0.1, 0.15) is 16.9 Å². The monoisotopic (exact) mass is 493 g/mol. The van der Waals surface area contributed by atoms with Gasteiger partial charge in [0.15, 0.2) is 5.82 Å². The molecule has 2 fully saturated rings. The molecule has 1 N–H and O–H groups in total. The molecule has 7 heteroatoms. The summed E-state index contributed by atoms with van der Waals surface area (Å²) in [7, 11) is 0. The van der Waals surface area contributed by atoms with E-state index < -0.39 is 0 Å². The average Bonchev–Trinajstić information content (AvgIpc) is 3.49. The van der Waals surface area contributed by atoms with Gasteiger partial charge in [0, 0.05) is 22.5 Å². The Morgan fingerprint density at radius 2 is 1.91 bits per heavy atom. The largest absolute Gasteiger partial charge is 0.316 e. The maximum absolute atomic E-state index is 7.02. The molecule has 34 heavy (non-hydrogen) atoms. The van der Waals surface area contributed by atoms with Gasteiger partial charge in [0.25, 0.3) is 0 Å². The van der Waals surface area contributed by atoms with E-state index in [1.54, 1.807) is 11.3 Å². The number of aromatic nitrogens is 3. The van der Waals surface area contributed by atoms with Crippen molar-refractivity contribution < 1.29 is 0 Å². The van der Waals surface area contributed by atoms with Crippen LogP contribution in [0, 0.1) is 26.2 Å². The van der Waals surface area contributed by atoms with E-state index in [0.717, 1.165) is 32.9 Å². The molecule has 5 nitrogen and oxygen atoms in total. The standard InChI is InChI=1S/C27H32ClN5S/c1-15-17(3)34-26-23(15)24(30-16(2)25-32-31-18(4)33(25)26)21-6-5-20(13-22(21)28)19-7-9-27(10-8-19)11-12-29-14-27/h5-6,13,16,19,29H,7-12,14H2,1-4H3/t16-,19?,27?/m0/s1. The first-order valence-electron chi connectivity index (χ1n) is 12.5. The van der Waals surface area contributed by atoms with Crippen molar-refractivity contribution in [3.05, 3.63) is 62.0 Å². The van der Waals surface area contributed by atoms with Gasteiger partial charge in [-0.05, 0) is 94.9 Å². The summed E-state index contributed by atoms with van der Waals surface area (Å²) in [4.78, 5) is 6.46. The number of nitrogens with one attached hydrogen (secondary N) is 1. The van der Waals surface area contributed by atoms with Crippen LogP contribution >= 0.6 is 22.9 Å². The van der Waals surface area contributed by atoms with Gasteiger partial charge in [-0.2, -0.15) is 0 Å². The van der Waals surface area contributed by atoms with Crippen LogP contribution < -0.4 is 5.32 Å². The highest BCUT2D eigenvalue weighted by molar-refractivity contribution is 7.15. The predicted molar refractivity (Wildman–Crippen MR) is 140 cm³/mol. The van der Waals surface area contributed by atoms with Crippen LogP contribution in [0.15, 0.2) is 23.2 Å². The van der Waals surface area contributed by atoms with Crippen LogP contribution in [-0.4, -0.2) is 33.6 Å². The van der Waals surface area contributed by atoms with Gasteiger partial charge in [-0.25, -0.2) is 0 Å². The molecule has 1 aliphatic carbocycles. The highest BCUT2D eigenvalue weighted by atomic mass is 35.5. The summed E-state index contributed by atoms with van der Waals surface area (Å²) in [6, 6.07) is 6.62. The number of hydrogen-bond donors (Lipinski definition) is 1. The molecule has 178 valence electrons. The van der Waals surface area contributed by atoms with Crippen molar-refractivity contribution in [2.24, 2.45) is 10.4 Å². The molecule has 1 atom stereocenters. The van der Waals surface area contributed by atoms with Crippen molar-refractivity contribution in [1.82, 2.24) is 20.1 Å². The fourth-order valence-electron chi connectivity index (χ4n) is 6.23. The molecule has 0 radical (unpaired) electrons. The van der Waals surface area contributed by atoms with Crippen molar-refractivity contribution in [3.63, 3.8) is 0 Å². The van der Waals surface area contributed by atoms with Crippen LogP contribution in [-0.2, 0) is 0 Å². The molecule has 0 bridgehead atoms. The first-order valence-corrected chi connectivity index (χ1v) is 13.7. The Kier molecular flexibility index (Phi) is 5.47. The minimum Gasteiger partial charge on any atom is -0.316 e. The third-order valence-electron chi connectivity index (χ3n) is 8.45. The molecule has 2 aromatic heterocycles. The maximum atomic E-state index is 7.02. The normalized spacial score (nSPS) is 26.3. The first kappa shape index (κ1) is 22.4. The lowest BCUT2D eigenvalue weighted by Crippen LogP contribution is -2.29. The SMILES string of the molecule is Cc1sc2c(c1C)C(c1ccc(C3CCC4(CCNC4)CC3)cc1Cl)=N[C@@H](C)c1nnc(C)n1-2. The number of fused-ring (bicyclic) bond motifs is 3. The number of aryl methyl sites for hydroxylation is 2. The number of thiophene rings is 1. The van der Waals surface area contributed by atoms with Gasteiger partial charge in [-0.15, -0.1) is 21.5 Å². The van der Waals surface area contributed by atoms with Crippen molar-refractivity contribution in [3.8, 4) is 5.00 Å². The molecular formula is C27H32ClN5S.